The van der Waals surface area contributed by atoms with Crippen LogP contribution >= 0.6 is 0 Å². The second-order valence-electron chi connectivity index (χ2n) is 12.6. The van der Waals surface area contributed by atoms with Gasteiger partial charge in [-0.3, -0.25) is 14.6 Å². The minimum atomic E-state index is -0.0914. The van der Waals surface area contributed by atoms with Crippen molar-refractivity contribution in [2.45, 2.75) is 92.4 Å². The largest absolute Gasteiger partial charge is 0.466 e. The Morgan fingerprint density at radius 3 is 1.94 bits per heavy atom. The van der Waals surface area contributed by atoms with Crippen molar-refractivity contribution in [1.29, 1.82) is 0 Å². The summed E-state index contributed by atoms with van der Waals surface area (Å²) in [5.74, 6) is 1.88. The molecule has 1 N–H and O–H groups in total. The predicted molar refractivity (Wildman–Crippen MR) is 191 cm³/mol. The van der Waals surface area contributed by atoms with Crippen LogP contribution in [0, 0.1) is 0 Å². The fraction of sp³-hybridized carbons (Fsp3) is 0.649. The number of esters is 1. The number of aromatic amines is 1. The number of H-pyrrole nitrogens is 1. The van der Waals surface area contributed by atoms with Crippen molar-refractivity contribution < 1.29 is 9.53 Å². The van der Waals surface area contributed by atoms with Crippen LogP contribution in [0.15, 0.2) is 49.1 Å². The Hall–Kier alpha value is -3.05. The molecule has 0 spiro atoms. The van der Waals surface area contributed by atoms with Crippen molar-refractivity contribution in [3.8, 4) is 0 Å². The van der Waals surface area contributed by atoms with E-state index in [0.29, 0.717) is 19.6 Å². The zero-order chi connectivity index (χ0) is 33.7. The molecule has 47 heavy (non-hydrogen) atoms. The summed E-state index contributed by atoms with van der Waals surface area (Å²) in [6.07, 6.45) is 13.5. The zero-order valence-corrected chi connectivity index (χ0v) is 30.0. The summed E-state index contributed by atoms with van der Waals surface area (Å²) in [5, 5.41) is 0. The van der Waals surface area contributed by atoms with Gasteiger partial charge in [0.05, 0.1) is 26.1 Å². The Balaban J connectivity index is 1.57. The molecule has 2 heterocycles. The number of nitrogens with one attached hydrogen (secondary N) is 1. The van der Waals surface area contributed by atoms with Crippen LogP contribution in [0.4, 0.5) is 0 Å². The molecule has 1 aromatic carbocycles. The quantitative estimate of drug-likeness (QED) is 0.0874. The molecule has 0 saturated heterocycles. The molecule has 0 atom stereocenters. The van der Waals surface area contributed by atoms with Crippen LogP contribution in [0.5, 0.6) is 0 Å². The van der Waals surface area contributed by atoms with Crippen LogP contribution in [-0.4, -0.2) is 104 Å². The number of hydrogen-bond donors (Lipinski definition) is 1. The van der Waals surface area contributed by atoms with Crippen LogP contribution in [0.3, 0.4) is 0 Å². The van der Waals surface area contributed by atoms with E-state index in [2.05, 4.69) is 91.1 Å². The van der Waals surface area contributed by atoms with Gasteiger partial charge in [-0.2, -0.15) is 0 Å². The topological polar surface area (TPSA) is 85.8 Å². The lowest BCUT2D eigenvalue weighted by atomic mass is 10.1. The van der Waals surface area contributed by atoms with Gasteiger partial charge in [0.15, 0.2) is 0 Å². The maximum absolute atomic E-state index is 12.7. The second-order valence-corrected chi connectivity index (χ2v) is 12.6. The second kappa shape index (κ2) is 22.5. The number of carbonyl (C=O) groups is 1. The van der Waals surface area contributed by atoms with Crippen LogP contribution in [0.25, 0.3) is 0 Å². The summed E-state index contributed by atoms with van der Waals surface area (Å²) in [7, 11) is 2.04. The van der Waals surface area contributed by atoms with Gasteiger partial charge in [-0.1, -0.05) is 52.0 Å². The van der Waals surface area contributed by atoms with Gasteiger partial charge in [0.1, 0.15) is 11.6 Å². The summed E-state index contributed by atoms with van der Waals surface area (Å²) in [5.41, 5.74) is 2.52. The predicted octanol–water partition coefficient (Wildman–Crippen LogP) is 5.72. The maximum atomic E-state index is 12.7. The van der Waals surface area contributed by atoms with E-state index in [0.717, 1.165) is 83.4 Å². The molecule has 0 aliphatic rings. The van der Waals surface area contributed by atoms with Crippen molar-refractivity contribution in [3.63, 3.8) is 0 Å². The van der Waals surface area contributed by atoms with Gasteiger partial charge in [-0.15, -0.1) is 0 Å². The normalized spacial score (nSPS) is 11.9. The smallest absolute Gasteiger partial charge is 0.307 e. The van der Waals surface area contributed by atoms with E-state index in [1.807, 2.05) is 25.6 Å². The highest BCUT2D eigenvalue weighted by molar-refractivity contribution is 5.69. The first-order valence-corrected chi connectivity index (χ1v) is 18.0. The Kier molecular flexibility index (Phi) is 18.4. The Labute approximate surface area is 284 Å². The van der Waals surface area contributed by atoms with Crippen LogP contribution in [0.1, 0.15) is 89.0 Å². The number of hydrogen-bond acceptors (Lipinski definition) is 8. The third-order valence-electron chi connectivity index (χ3n) is 8.74. The summed E-state index contributed by atoms with van der Waals surface area (Å²) in [4.78, 5) is 34.6. The fourth-order valence-electron chi connectivity index (χ4n) is 6.02. The minimum Gasteiger partial charge on any atom is -0.466 e. The van der Waals surface area contributed by atoms with E-state index in [1.54, 1.807) is 6.20 Å². The Bertz CT molecular complexity index is 1200. The highest BCUT2D eigenvalue weighted by atomic mass is 16.5. The highest BCUT2D eigenvalue weighted by Crippen LogP contribution is 2.15. The zero-order valence-electron chi connectivity index (χ0n) is 30.0. The molecule has 262 valence electrons. The molecule has 0 bridgehead atoms. The summed E-state index contributed by atoms with van der Waals surface area (Å²) in [6.45, 7) is 20.6. The molecule has 0 aliphatic carbocycles. The summed E-state index contributed by atoms with van der Waals surface area (Å²) < 4.78 is 7.68. The number of ether oxygens (including phenoxy) is 1. The third kappa shape index (κ3) is 15.1. The number of nitrogens with zero attached hydrogens (tertiary/aromatic N) is 7. The molecule has 0 saturated carbocycles. The number of aromatic nitrogens is 4. The molecular weight excluding hydrogens is 588 g/mol. The number of carbonyl (C=O) groups excluding carboxylic acids is 1. The minimum absolute atomic E-state index is 0.0914. The number of imidazole rings is 2. The lowest BCUT2D eigenvalue weighted by molar-refractivity contribution is -0.144. The molecule has 10 heteroatoms. The third-order valence-corrected chi connectivity index (χ3v) is 8.74. The molecule has 0 fully saturated rings. The lowest BCUT2D eigenvalue weighted by Crippen LogP contribution is -2.30. The molecule has 3 aromatic rings. The molecule has 10 nitrogen and oxygen atoms in total. The lowest BCUT2D eigenvalue weighted by Gasteiger charge is -2.24. The Morgan fingerprint density at radius 2 is 1.36 bits per heavy atom. The van der Waals surface area contributed by atoms with Crippen molar-refractivity contribution in [2.75, 3.05) is 59.0 Å². The van der Waals surface area contributed by atoms with Crippen molar-refractivity contribution in [3.05, 3.63) is 71.8 Å². The van der Waals surface area contributed by atoms with E-state index in [9.17, 15) is 4.79 Å². The van der Waals surface area contributed by atoms with E-state index in [1.165, 1.54) is 43.5 Å². The number of aryl methyl sites for hydroxylation is 1. The molecule has 0 radical (unpaired) electrons. The SMILES string of the molecule is CCCN(CCC)CCCCN(CCC(=O)OCCCN(CC)CC)Cc1ccc(CN(Cc2ncc[nH]2)Cc2nccn2C)cc1. The number of benzene rings is 1. The van der Waals surface area contributed by atoms with Crippen LogP contribution in [0.2, 0.25) is 0 Å². The highest BCUT2D eigenvalue weighted by Gasteiger charge is 2.14. The standard InChI is InChI=1S/C37H62N8O2/c1-6-21-43(22-7-2)23-10-11-24-44(26-17-37(46)47-28-12-25-42(8-3)9-4)29-33-13-15-34(16-14-33)30-45(31-35-38-18-19-39-35)32-36-40-20-27-41(36)5/h13-16,18-20,27H,6-12,17,21-26,28-32H2,1-5H3,(H,38,39). The van der Waals surface area contributed by atoms with Gasteiger partial charge in [0.25, 0.3) is 0 Å². The molecule has 2 aromatic heterocycles. The first-order chi connectivity index (χ1) is 22.9. The van der Waals surface area contributed by atoms with Gasteiger partial charge in [0, 0.05) is 58.0 Å². The van der Waals surface area contributed by atoms with Crippen molar-refractivity contribution in [2.24, 2.45) is 7.05 Å². The van der Waals surface area contributed by atoms with Gasteiger partial charge < -0.3 is 24.1 Å². The molecule has 0 aliphatic heterocycles. The number of rotatable bonds is 26. The van der Waals surface area contributed by atoms with Gasteiger partial charge in [0.2, 0.25) is 0 Å². The van der Waals surface area contributed by atoms with E-state index >= 15 is 0 Å². The van der Waals surface area contributed by atoms with Crippen molar-refractivity contribution >= 4 is 5.97 Å². The summed E-state index contributed by atoms with van der Waals surface area (Å²) >= 11 is 0. The van der Waals surface area contributed by atoms with E-state index in [-0.39, 0.29) is 5.97 Å². The maximum Gasteiger partial charge on any atom is 0.307 e. The van der Waals surface area contributed by atoms with Gasteiger partial charge >= 0.3 is 5.97 Å². The molecular formula is C37H62N8O2. The van der Waals surface area contributed by atoms with Crippen LogP contribution in [-0.2, 0) is 42.8 Å². The fourth-order valence-corrected chi connectivity index (χ4v) is 6.02. The number of unbranched alkanes of at least 4 members (excludes halogenated alkanes) is 1. The van der Waals surface area contributed by atoms with Crippen molar-refractivity contribution in [1.82, 2.24) is 39.1 Å². The van der Waals surface area contributed by atoms with Gasteiger partial charge in [-0.05, 0) is 82.5 Å². The molecule has 0 amide bonds. The van der Waals surface area contributed by atoms with Gasteiger partial charge in [-0.25, -0.2) is 9.97 Å². The van der Waals surface area contributed by atoms with E-state index < -0.39 is 0 Å². The first-order valence-electron chi connectivity index (χ1n) is 18.0. The Morgan fingerprint density at radius 1 is 0.723 bits per heavy atom. The average Bonchev–Trinajstić information content (AvgIpc) is 3.74. The monoisotopic (exact) mass is 650 g/mol. The average molecular weight is 651 g/mol. The summed E-state index contributed by atoms with van der Waals surface area (Å²) in [6, 6.07) is 8.95. The molecule has 0 unspecified atom stereocenters. The molecule has 3 rings (SSSR count). The van der Waals surface area contributed by atoms with E-state index in [4.69, 9.17) is 4.74 Å². The first kappa shape index (κ1) is 38.4. The van der Waals surface area contributed by atoms with Crippen LogP contribution < -0.4 is 0 Å².